The molecule has 1 saturated heterocycles. The second kappa shape index (κ2) is 6.62. The number of nitrogens with two attached hydrogens (primary N) is 1. The van der Waals surface area contributed by atoms with Gasteiger partial charge in [0.15, 0.2) is 0 Å². The average Bonchev–Trinajstić information content (AvgIpc) is 2.08. The van der Waals surface area contributed by atoms with Gasteiger partial charge in [-0.15, -0.1) is 0 Å². The average molecular weight is 158 g/mol. The minimum Gasteiger partial charge on any atom is -0.318 e. The minimum atomic E-state index is 0.740. The Morgan fingerprint density at radius 3 is 2.45 bits per heavy atom. The van der Waals surface area contributed by atoms with Crippen LogP contribution in [-0.4, -0.2) is 24.7 Å². The smallest absolute Gasteiger partial charge is 0.0455 e. The van der Waals surface area contributed by atoms with E-state index in [4.69, 9.17) is 5.73 Å². The maximum absolute atomic E-state index is 5.49. The van der Waals surface area contributed by atoms with E-state index in [2.05, 4.69) is 11.8 Å². The highest BCUT2D eigenvalue weighted by molar-refractivity contribution is 4.67. The maximum Gasteiger partial charge on any atom is 0.0455 e. The van der Waals surface area contributed by atoms with Crippen LogP contribution in [0.1, 0.15) is 33.6 Å². The molecule has 0 aliphatic carbocycles. The molecule has 1 fully saturated rings. The molecule has 0 aromatic heterocycles. The van der Waals surface area contributed by atoms with Crippen molar-refractivity contribution >= 4 is 0 Å². The number of piperidine rings is 1. The molecule has 0 aromatic rings. The van der Waals surface area contributed by atoms with Crippen LogP contribution in [0.25, 0.3) is 0 Å². The first-order chi connectivity index (χ1) is 5.33. The van der Waals surface area contributed by atoms with Gasteiger partial charge in [-0.2, -0.15) is 0 Å². The van der Waals surface area contributed by atoms with Crippen molar-refractivity contribution in [2.24, 2.45) is 11.7 Å². The van der Waals surface area contributed by atoms with Crippen LogP contribution >= 0.6 is 0 Å². The topological polar surface area (TPSA) is 29.3 Å². The molecule has 1 aliphatic rings. The van der Waals surface area contributed by atoms with Gasteiger partial charge < -0.3 is 5.73 Å². The quantitative estimate of drug-likeness (QED) is 0.629. The van der Waals surface area contributed by atoms with E-state index < -0.39 is 0 Å². The highest BCUT2D eigenvalue weighted by atomic mass is 15.2. The largest absolute Gasteiger partial charge is 0.318 e. The lowest BCUT2D eigenvalue weighted by atomic mass is 10.0. The minimum absolute atomic E-state index is 0.740. The molecule has 2 heteroatoms. The first-order valence-corrected chi connectivity index (χ1v) is 4.75. The zero-order valence-corrected chi connectivity index (χ0v) is 8.14. The first-order valence-electron chi connectivity index (χ1n) is 4.75. The van der Waals surface area contributed by atoms with Crippen molar-refractivity contribution in [3.63, 3.8) is 0 Å². The van der Waals surface area contributed by atoms with E-state index in [1.807, 2.05) is 13.8 Å². The Balaban J connectivity index is 0.000000461. The third-order valence-electron chi connectivity index (χ3n) is 2.00. The van der Waals surface area contributed by atoms with Crippen LogP contribution in [0.4, 0.5) is 0 Å². The summed E-state index contributed by atoms with van der Waals surface area (Å²) in [5.41, 5.74) is 5.49. The maximum atomic E-state index is 5.49. The van der Waals surface area contributed by atoms with E-state index in [0.29, 0.717) is 0 Å². The van der Waals surface area contributed by atoms with E-state index in [1.54, 1.807) is 0 Å². The second-order valence-corrected chi connectivity index (χ2v) is 3.01. The molecule has 0 saturated carbocycles. The molecule has 1 atom stereocenters. The molecule has 0 spiro atoms. The normalized spacial score (nSPS) is 25.6. The molecule has 0 aromatic carbocycles. The number of nitrogens with zero attached hydrogens (tertiary/aromatic N) is 1. The molecule has 0 amide bonds. The van der Waals surface area contributed by atoms with Gasteiger partial charge in [-0.25, -0.2) is 0 Å². The Hall–Kier alpha value is -0.0800. The van der Waals surface area contributed by atoms with Crippen LogP contribution in [0, 0.1) is 5.92 Å². The fourth-order valence-electron chi connectivity index (χ4n) is 1.45. The lowest BCUT2D eigenvalue weighted by Gasteiger charge is -2.29. The third kappa shape index (κ3) is 4.38. The molecule has 0 bridgehead atoms. The summed E-state index contributed by atoms with van der Waals surface area (Å²) in [7, 11) is 0. The molecule has 2 N–H and O–H groups in total. The third-order valence-corrected chi connectivity index (χ3v) is 2.00. The van der Waals surface area contributed by atoms with Crippen LogP contribution in [0.3, 0.4) is 0 Å². The summed E-state index contributed by atoms with van der Waals surface area (Å²) in [5.74, 6) is 0.863. The predicted molar refractivity (Wildman–Crippen MR) is 50.4 cm³/mol. The summed E-state index contributed by atoms with van der Waals surface area (Å²) >= 11 is 0. The molecule has 1 heterocycles. The fourth-order valence-corrected chi connectivity index (χ4v) is 1.45. The molecule has 1 unspecified atom stereocenters. The van der Waals surface area contributed by atoms with Gasteiger partial charge in [0.05, 0.1) is 0 Å². The van der Waals surface area contributed by atoms with E-state index in [9.17, 15) is 0 Å². The van der Waals surface area contributed by atoms with Crippen LogP contribution in [-0.2, 0) is 0 Å². The van der Waals surface area contributed by atoms with Gasteiger partial charge in [0.25, 0.3) is 0 Å². The molecule has 2 nitrogen and oxygen atoms in total. The lowest BCUT2D eigenvalue weighted by Crippen LogP contribution is -2.38. The molecule has 1 rings (SSSR count). The molecule has 11 heavy (non-hydrogen) atoms. The Kier molecular flexibility index (Phi) is 6.57. The summed E-state index contributed by atoms with van der Waals surface area (Å²) < 4.78 is 0. The van der Waals surface area contributed by atoms with Crippen molar-refractivity contribution in [1.29, 1.82) is 0 Å². The number of rotatable bonds is 1. The first kappa shape index (κ1) is 10.9. The van der Waals surface area contributed by atoms with E-state index >= 15 is 0 Å². The molecule has 1 aliphatic heterocycles. The summed E-state index contributed by atoms with van der Waals surface area (Å²) in [6, 6.07) is 0. The summed E-state index contributed by atoms with van der Waals surface area (Å²) in [6.45, 7) is 9.45. The summed E-state index contributed by atoms with van der Waals surface area (Å²) in [4.78, 5) is 2.31. The van der Waals surface area contributed by atoms with Crippen LogP contribution < -0.4 is 5.73 Å². The Morgan fingerprint density at radius 1 is 1.45 bits per heavy atom. The molecule has 0 radical (unpaired) electrons. The van der Waals surface area contributed by atoms with Gasteiger partial charge >= 0.3 is 0 Å². The highest BCUT2D eigenvalue weighted by Crippen LogP contribution is 2.13. The zero-order valence-electron chi connectivity index (χ0n) is 8.14. The SMILES string of the molecule is CC.CC1CCCN(CN)C1. The Morgan fingerprint density at radius 2 is 2.09 bits per heavy atom. The van der Waals surface area contributed by atoms with Gasteiger partial charge in [0.2, 0.25) is 0 Å². The molecular weight excluding hydrogens is 136 g/mol. The number of hydrogen-bond acceptors (Lipinski definition) is 2. The standard InChI is InChI=1S/C7H16N2.C2H6/c1-7-3-2-4-9(5-7)6-8;1-2/h7H,2-6,8H2,1H3;1-2H3. The molecular formula is C9H22N2. The van der Waals surface area contributed by atoms with Gasteiger partial charge in [-0.05, 0) is 25.3 Å². The van der Waals surface area contributed by atoms with Gasteiger partial charge in [-0.1, -0.05) is 20.8 Å². The van der Waals surface area contributed by atoms with Crippen LogP contribution in [0.5, 0.6) is 0 Å². The highest BCUT2D eigenvalue weighted by Gasteiger charge is 2.13. The van der Waals surface area contributed by atoms with E-state index in [1.165, 1.54) is 25.9 Å². The van der Waals surface area contributed by atoms with Gasteiger partial charge in [0, 0.05) is 13.2 Å². The predicted octanol–water partition coefficient (Wildman–Crippen LogP) is 1.66. The van der Waals surface area contributed by atoms with Crippen molar-refractivity contribution in [3.8, 4) is 0 Å². The zero-order chi connectivity index (χ0) is 8.69. The second-order valence-electron chi connectivity index (χ2n) is 3.01. The monoisotopic (exact) mass is 158 g/mol. The van der Waals surface area contributed by atoms with Crippen molar-refractivity contribution in [2.45, 2.75) is 33.6 Å². The number of likely N-dealkylation sites (tertiary alicyclic amines) is 1. The van der Waals surface area contributed by atoms with Crippen molar-refractivity contribution in [2.75, 3.05) is 19.8 Å². The van der Waals surface area contributed by atoms with Crippen LogP contribution in [0.2, 0.25) is 0 Å². The van der Waals surface area contributed by atoms with Crippen molar-refractivity contribution in [1.82, 2.24) is 4.90 Å². The number of hydrogen-bond donors (Lipinski definition) is 1. The van der Waals surface area contributed by atoms with E-state index in [-0.39, 0.29) is 0 Å². The lowest BCUT2D eigenvalue weighted by molar-refractivity contribution is 0.188. The Labute approximate surface area is 70.8 Å². The van der Waals surface area contributed by atoms with Gasteiger partial charge in [-0.3, -0.25) is 4.90 Å². The van der Waals surface area contributed by atoms with Crippen LogP contribution in [0.15, 0.2) is 0 Å². The fraction of sp³-hybridized carbons (Fsp3) is 1.00. The Bertz CT molecular complexity index is 83.6. The van der Waals surface area contributed by atoms with Gasteiger partial charge in [0.1, 0.15) is 0 Å². The molecule has 68 valence electrons. The summed E-state index contributed by atoms with van der Waals surface area (Å²) in [6.07, 6.45) is 2.72. The van der Waals surface area contributed by atoms with Crippen molar-refractivity contribution in [3.05, 3.63) is 0 Å². The summed E-state index contributed by atoms with van der Waals surface area (Å²) in [5, 5.41) is 0. The van der Waals surface area contributed by atoms with E-state index in [0.717, 1.165) is 12.6 Å². The van der Waals surface area contributed by atoms with Crippen molar-refractivity contribution < 1.29 is 0 Å².